The van der Waals surface area contributed by atoms with Crippen molar-refractivity contribution in [2.75, 3.05) is 0 Å². The fraction of sp³-hybridized carbons (Fsp3) is 0.308. The van der Waals surface area contributed by atoms with Crippen molar-refractivity contribution in [2.24, 2.45) is 5.73 Å². The molecule has 0 bridgehead atoms. The van der Waals surface area contributed by atoms with Crippen LogP contribution in [0.1, 0.15) is 42.8 Å². The molecule has 0 saturated heterocycles. The minimum absolute atomic E-state index is 0.153. The third-order valence-corrected chi connectivity index (χ3v) is 6.41. The number of nitrogens with one attached hydrogen (secondary N) is 1. The standard InChI is InChI=1S/C26H29N5O/c1-18-16-29-19(2)31(18)14-7-3-4-10-21-11-8-13-24(32)26(21,25(27)28)22-15-20-9-5-6-12-23(20)30-17-22/h5-6,8-9,11-13,15-17H,3-4,7,10,14H2,1-2H3,(H3,27,28). The molecule has 32 heavy (non-hydrogen) atoms. The molecule has 0 aliphatic heterocycles. The van der Waals surface area contributed by atoms with Gasteiger partial charge in [0.15, 0.2) is 5.78 Å². The van der Waals surface area contributed by atoms with E-state index in [-0.39, 0.29) is 11.6 Å². The molecule has 0 amide bonds. The highest BCUT2D eigenvalue weighted by Crippen LogP contribution is 2.39. The number of fused-ring (bicyclic) bond motifs is 1. The van der Waals surface area contributed by atoms with Crippen molar-refractivity contribution in [1.29, 1.82) is 5.41 Å². The number of rotatable bonds is 8. The van der Waals surface area contributed by atoms with Crippen LogP contribution in [0.3, 0.4) is 0 Å². The van der Waals surface area contributed by atoms with Crippen molar-refractivity contribution in [2.45, 2.75) is 51.5 Å². The molecule has 2 aromatic heterocycles. The van der Waals surface area contributed by atoms with Crippen molar-refractivity contribution in [3.05, 3.63) is 83.6 Å². The largest absolute Gasteiger partial charge is 0.386 e. The number of imidazole rings is 1. The van der Waals surface area contributed by atoms with Crippen molar-refractivity contribution in [3.63, 3.8) is 0 Å². The number of nitrogens with zero attached hydrogens (tertiary/aromatic N) is 3. The van der Waals surface area contributed by atoms with E-state index >= 15 is 0 Å². The molecule has 0 spiro atoms. The lowest BCUT2D eigenvalue weighted by Gasteiger charge is -2.35. The molecule has 4 rings (SSSR count). The third kappa shape index (κ3) is 3.77. The van der Waals surface area contributed by atoms with E-state index in [9.17, 15) is 4.79 Å². The number of ketones is 1. The maximum absolute atomic E-state index is 13.2. The number of allylic oxidation sites excluding steroid dienone is 3. The van der Waals surface area contributed by atoms with Gasteiger partial charge >= 0.3 is 0 Å². The number of hydrogen-bond donors (Lipinski definition) is 2. The van der Waals surface area contributed by atoms with Gasteiger partial charge in [-0.05, 0) is 62.5 Å². The number of carbonyl (C=O) groups excluding carboxylic acids is 1. The Hall–Kier alpha value is -3.54. The highest BCUT2D eigenvalue weighted by atomic mass is 16.1. The summed E-state index contributed by atoms with van der Waals surface area (Å²) in [6.07, 6.45) is 12.5. The number of aromatic nitrogens is 3. The SMILES string of the molecule is Cc1cnc(C)n1CCCCCC1=CC=CC(=O)C1(C(=N)N)c1cnc2ccccc2c1. The molecular formula is C26H29N5O. The lowest BCUT2D eigenvalue weighted by Crippen LogP contribution is -2.49. The Bertz CT molecular complexity index is 1220. The number of para-hydroxylation sites is 1. The van der Waals surface area contributed by atoms with Crippen LogP contribution in [0.2, 0.25) is 0 Å². The van der Waals surface area contributed by atoms with Gasteiger partial charge in [0.2, 0.25) is 0 Å². The smallest absolute Gasteiger partial charge is 0.177 e. The molecular weight excluding hydrogens is 398 g/mol. The van der Waals surface area contributed by atoms with Crippen LogP contribution in [0.5, 0.6) is 0 Å². The summed E-state index contributed by atoms with van der Waals surface area (Å²) >= 11 is 0. The second-order valence-electron chi connectivity index (χ2n) is 8.40. The molecule has 164 valence electrons. The Morgan fingerprint density at radius 3 is 2.69 bits per heavy atom. The second kappa shape index (κ2) is 8.91. The highest BCUT2D eigenvalue weighted by Gasteiger charge is 2.46. The summed E-state index contributed by atoms with van der Waals surface area (Å²) in [4.78, 5) is 22.1. The normalized spacial score (nSPS) is 18.2. The highest BCUT2D eigenvalue weighted by molar-refractivity contribution is 6.20. The van der Waals surface area contributed by atoms with Crippen LogP contribution in [0, 0.1) is 19.3 Å². The van der Waals surface area contributed by atoms with E-state index in [1.54, 1.807) is 12.3 Å². The molecule has 1 aliphatic carbocycles. The van der Waals surface area contributed by atoms with E-state index in [0.717, 1.165) is 48.1 Å². The van der Waals surface area contributed by atoms with E-state index in [0.29, 0.717) is 12.0 Å². The fourth-order valence-electron chi connectivity index (χ4n) is 4.68. The molecule has 1 aliphatic rings. The minimum Gasteiger partial charge on any atom is -0.386 e. The Morgan fingerprint density at radius 2 is 1.94 bits per heavy atom. The molecule has 3 N–H and O–H groups in total. The van der Waals surface area contributed by atoms with Crippen LogP contribution < -0.4 is 5.73 Å². The average Bonchev–Trinajstić information content (AvgIpc) is 3.10. The number of unbranched alkanes of at least 4 members (excludes halogenated alkanes) is 2. The Kier molecular flexibility index (Phi) is 6.04. The molecule has 3 aromatic rings. The van der Waals surface area contributed by atoms with Crippen LogP contribution >= 0.6 is 0 Å². The summed E-state index contributed by atoms with van der Waals surface area (Å²) in [6.45, 7) is 5.03. The number of pyridine rings is 1. The molecule has 1 aromatic carbocycles. The number of carbonyl (C=O) groups is 1. The molecule has 0 saturated carbocycles. The lowest BCUT2D eigenvalue weighted by molar-refractivity contribution is -0.117. The van der Waals surface area contributed by atoms with Gasteiger partial charge in [0.1, 0.15) is 17.1 Å². The lowest BCUT2D eigenvalue weighted by atomic mass is 9.66. The van der Waals surface area contributed by atoms with E-state index < -0.39 is 5.41 Å². The number of nitrogens with two attached hydrogens (primary N) is 1. The van der Waals surface area contributed by atoms with E-state index in [1.807, 2.05) is 49.5 Å². The summed E-state index contributed by atoms with van der Waals surface area (Å²) in [7, 11) is 0. The van der Waals surface area contributed by atoms with Gasteiger partial charge in [0, 0.05) is 30.0 Å². The van der Waals surface area contributed by atoms with Gasteiger partial charge in [-0.2, -0.15) is 0 Å². The van der Waals surface area contributed by atoms with E-state index in [4.69, 9.17) is 11.1 Å². The van der Waals surface area contributed by atoms with Gasteiger partial charge in [-0.25, -0.2) is 4.98 Å². The molecule has 0 radical (unpaired) electrons. The summed E-state index contributed by atoms with van der Waals surface area (Å²) in [5.74, 6) is 0.705. The molecule has 6 nitrogen and oxygen atoms in total. The van der Waals surface area contributed by atoms with Gasteiger partial charge in [0.25, 0.3) is 0 Å². The van der Waals surface area contributed by atoms with Crippen molar-refractivity contribution in [3.8, 4) is 0 Å². The number of amidine groups is 1. The first-order valence-electron chi connectivity index (χ1n) is 11.0. The average molecular weight is 428 g/mol. The van der Waals surface area contributed by atoms with E-state index in [1.165, 1.54) is 11.8 Å². The first-order chi connectivity index (χ1) is 15.4. The Balaban J connectivity index is 1.55. The quantitative estimate of drug-likeness (QED) is 0.313. The summed E-state index contributed by atoms with van der Waals surface area (Å²) < 4.78 is 2.23. The van der Waals surface area contributed by atoms with Gasteiger partial charge in [-0.15, -0.1) is 0 Å². The zero-order valence-corrected chi connectivity index (χ0v) is 18.6. The van der Waals surface area contributed by atoms with Crippen LogP contribution in [0.15, 0.2) is 66.5 Å². The van der Waals surface area contributed by atoms with Gasteiger partial charge in [-0.3, -0.25) is 15.2 Å². The molecule has 2 heterocycles. The molecule has 1 unspecified atom stereocenters. The summed E-state index contributed by atoms with van der Waals surface area (Å²) in [6, 6.07) is 9.72. The first kappa shape index (κ1) is 21.7. The summed E-state index contributed by atoms with van der Waals surface area (Å²) in [5.41, 5.74) is 8.41. The van der Waals surface area contributed by atoms with Gasteiger partial charge in [0.05, 0.1) is 5.52 Å². The molecule has 0 fully saturated rings. The number of hydrogen-bond acceptors (Lipinski definition) is 4. The third-order valence-electron chi connectivity index (χ3n) is 6.41. The molecule has 1 atom stereocenters. The topological polar surface area (TPSA) is 97.7 Å². The van der Waals surface area contributed by atoms with Gasteiger partial charge in [-0.1, -0.05) is 36.8 Å². The number of aryl methyl sites for hydroxylation is 2. The van der Waals surface area contributed by atoms with Crippen LogP contribution in [0.4, 0.5) is 0 Å². The minimum atomic E-state index is -1.27. The van der Waals surface area contributed by atoms with Crippen molar-refractivity contribution in [1.82, 2.24) is 14.5 Å². The monoisotopic (exact) mass is 427 g/mol. The first-order valence-corrected chi connectivity index (χ1v) is 11.0. The van der Waals surface area contributed by atoms with Crippen LogP contribution in [-0.2, 0) is 16.8 Å². The van der Waals surface area contributed by atoms with E-state index in [2.05, 4.69) is 21.5 Å². The summed E-state index contributed by atoms with van der Waals surface area (Å²) in [5, 5.41) is 9.37. The predicted molar refractivity (Wildman–Crippen MR) is 128 cm³/mol. The predicted octanol–water partition coefficient (Wildman–Crippen LogP) is 4.55. The van der Waals surface area contributed by atoms with Crippen LogP contribution in [-0.4, -0.2) is 26.2 Å². The molecule has 6 heteroatoms. The Labute approximate surface area is 188 Å². The fourth-order valence-corrected chi connectivity index (χ4v) is 4.68. The maximum atomic E-state index is 13.2. The number of benzene rings is 1. The second-order valence-corrected chi connectivity index (χ2v) is 8.40. The van der Waals surface area contributed by atoms with Crippen molar-refractivity contribution >= 4 is 22.5 Å². The van der Waals surface area contributed by atoms with Crippen LogP contribution in [0.25, 0.3) is 10.9 Å². The maximum Gasteiger partial charge on any atom is 0.177 e. The van der Waals surface area contributed by atoms with Gasteiger partial charge < -0.3 is 10.3 Å². The van der Waals surface area contributed by atoms with Crippen molar-refractivity contribution < 1.29 is 4.79 Å². The zero-order valence-electron chi connectivity index (χ0n) is 18.6. The Morgan fingerprint density at radius 1 is 1.12 bits per heavy atom. The zero-order chi connectivity index (χ0) is 22.7.